The summed E-state index contributed by atoms with van der Waals surface area (Å²) in [5.41, 5.74) is 0.336. The minimum atomic E-state index is -0.672. The van der Waals surface area contributed by atoms with Crippen molar-refractivity contribution in [3.05, 3.63) is 35.9 Å². The first-order chi connectivity index (χ1) is 9.66. The molecule has 106 valence electrons. The van der Waals surface area contributed by atoms with Crippen LogP contribution in [0.3, 0.4) is 0 Å². The van der Waals surface area contributed by atoms with E-state index in [9.17, 15) is 9.90 Å². The van der Waals surface area contributed by atoms with E-state index in [4.69, 9.17) is 0 Å². The Morgan fingerprint density at radius 3 is 2.50 bits per heavy atom. The zero-order valence-electron chi connectivity index (χ0n) is 12.1. The zero-order valence-corrected chi connectivity index (χ0v) is 12.1. The molecule has 0 aromatic heterocycles. The van der Waals surface area contributed by atoms with Gasteiger partial charge in [0, 0.05) is 12.0 Å². The molecule has 0 spiro atoms. The molecule has 1 aliphatic carbocycles. The minimum Gasteiger partial charge on any atom is -0.481 e. The van der Waals surface area contributed by atoms with Crippen LogP contribution in [0.1, 0.15) is 51.0 Å². The van der Waals surface area contributed by atoms with E-state index in [2.05, 4.69) is 18.8 Å². The number of hydrogen-bond donors (Lipinski definition) is 1. The normalized spacial score (nSPS) is 25.6. The monoisotopic (exact) mass is 270 g/mol. The molecule has 0 aliphatic heterocycles. The number of rotatable bonds is 3. The first kappa shape index (κ1) is 14.7. The molecule has 0 saturated heterocycles. The number of benzene rings is 1. The molecule has 0 amide bonds. The van der Waals surface area contributed by atoms with E-state index in [0.717, 1.165) is 37.7 Å². The molecule has 1 saturated carbocycles. The Morgan fingerprint density at radius 1 is 1.30 bits per heavy atom. The Balaban J connectivity index is 2.04. The van der Waals surface area contributed by atoms with Crippen LogP contribution in [0.5, 0.6) is 0 Å². The van der Waals surface area contributed by atoms with Crippen molar-refractivity contribution in [1.29, 1.82) is 0 Å². The third-order valence-corrected chi connectivity index (χ3v) is 4.53. The van der Waals surface area contributed by atoms with Gasteiger partial charge in [-0.3, -0.25) is 4.79 Å². The Labute approximate surface area is 121 Å². The van der Waals surface area contributed by atoms with Gasteiger partial charge in [-0.1, -0.05) is 43.4 Å². The Kier molecular flexibility index (Phi) is 4.84. The number of carboxylic acids is 1. The third-order valence-electron chi connectivity index (χ3n) is 4.53. The third kappa shape index (κ3) is 3.42. The van der Waals surface area contributed by atoms with E-state index >= 15 is 0 Å². The van der Waals surface area contributed by atoms with E-state index in [1.165, 1.54) is 0 Å². The lowest BCUT2D eigenvalue weighted by atomic mass is 9.68. The highest BCUT2D eigenvalue weighted by Crippen LogP contribution is 2.42. The molecule has 0 bridgehead atoms. The maximum atomic E-state index is 11.6. The van der Waals surface area contributed by atoms with Crippen LogP contribution in [-0.2, 0) is 4.79 Å². The summed E-state index contributed by atoms with van der Waals surface area (Å²) in [5, 5.41) is 9.58. The fourth-order valence-electron chi connectivity index (χ4n) is 2.94. The second kappa shape index (κ2) is 6.61. The van der Waals surface area contributed by atoms with Crippen LogP contribution in [0.25, 0.3) is 0 Å². The van der Waals surface area contributed by atoms with Gasteiger partial charge in [-0.05, 0) is 43.7 Å². The number of carbonyl (C=O) groups is 1. The van der Waals surface area contributed by atoms with Crippen molar-refractivity contribution >= 4 is 5.97 Å². The Hall–Kier alpha value is -1.75. The van der Waals surface area contributed by atoms with Crippen LogP contribution < -0.4 is 0 Å². The predicted molar refractivity (Wildman–Crippen MR) is 80.3 cm³/mol. The van der Waals surface area contributed by atoms with Crippen LogP contribution in [-0.4, -0.2) is 11.1 Å². The minimum absolute atomic E-state index is 0.466. The van der Waals surface area contributed by atoms with Crippen molar-refractivity contribution in [2.75, 3.05) is 0 Å². The van der Waals surface area contributed by atoms with Crippen molar-refractivity contribution in [3.8, 4) is 11.8 Å². The van der Waals surface area contributed by atoms with Crippen LogP contribution >= 0.6 is 0 Å². The molecule has 0 atom stereocenters. The largest absolute Gasteiger partial charge is 0.481 e. The summed E-state index contributed by atoms with van der Waals surface area (Å²) in [6, 6.07) is 9.76. The Morgan fingerprint density at radius 2 is 1.95 bits per heavy atom. The van der Waals surface area contributed by atoms with Gasteiger partial charge in [0.05, 0.1) is 5.41 Å². The van der Waals surface area contributed by atoms with Crippen molar-refractivity contribution < 1.29 is 9.90 Å². The van der Waals surface area contributed by atoms with Gasteiger partial charge in [-0.2, -0.15) is 0 Å². The summed E-state index contributed by atoms with van der Waals surface area (Å²) in [6.45, 7) is 2.19. The summed E-state index contributed by atoms with van der Waals surface area (Å²) in [5.74, 6) is 6.21. The number of carboxylic acid groups (broad SMARTS) is 1. The summed E-state index contributed by atoms with van der Waals surface area (Å²) < 4.78 is 0. The fourth-order valence-corrected chi connectivity index (χ4v) is 2.94. The van der Waals surface area contributed by atoms with Gasteiger partial charge in [0.1, 0.15) is 0 Å². The van der Waals surface area contributed by atoms with Gasteiger partial charge in [0.15, 0.2) is 0 Å². The van der Waals surface area contributed by atoms with E-state index in [-0.39, 0.29) is 0 Å². The van der Waals surface area contributed by atoms with Crippen molar-refractivity contribution in [2.45, 2.75) is 45.4 Å². The van der Waals surface area contributed by atoms with Crippen molar-refractivity contribution in [2.24, 2.45) is 11.3 Å². The molecule has 0 heterocycles. The molecule has 2 heteroatoms. The maximum absolute atomic E-state index is 11.6. The molecule has 2 rings (SSSR count). The second-order valence-corrected chi connectivity index (χ2v) is 5.78. The molecular formula is C18H22O2. The SMILES string of the molecule is CCC1CCC(CC#Cc2ccccc2)(C(=O)O)CC1. The van der Waals surface area contributed by atoms with Crippen LogP contribution in [0.4, 0.5) is 0 Å². The van der Waals surface area contributed by atoms with E-state index in [1.807, 2.05) is 30.3 Å². The van der Waals surface area contributed by atoms with Gasteiger partial charge in [0.25, 0.3) is 0 Å². The summed E-state index contributed by atoms with van der Waals surface area (Å²) in [7, 11) is 0. The zero-order chi connectivity index (χ0) is 14.4. The highest BCUT2D eigenvalue weighted by Gasteiger charge is 2.40. The molecule has 1 aromatic carbocycles. The standard InChI is InChI=1S/C18H22O2/c1-2-15-10-13-18(14-11-15,17(19)20)12-6-9-16-7-4-3-5-8-16/h3-5,7-8,15H,2,10-14H2,1H3,(H,19,20). The number of hydrogen-bond acceptors (Lipinski definition) is 1. The van der Waals surface area contributed by atoms with E-state index in [1.54, 1.807) is 0 Å². The van der Waals surface area contributed by atoms with Gasteiger partial charge in [-0.15, -0.1) is 0 Å². The van der Waals surface area contributed by atoms with Crippen molar-refractivity contribution in [3.63, 3.8) is 0 Å². The quantitative estimate of drug-likeness (QED) is 0.840. The molecule has 1 N–H and O–H groups in total. The van der Waals surface area contributed by atoms with Gasteiger partial charge in [-0.25, -0.2) is 0 Å². The fraction of sp³-hybridized carbons (Fsp3) is 0.500. The molecule has 0 radical (unpaired) electrons. The van der Waals surface area contributed by atoms with Gasteiger partial charge >= 0.3 is 5.97 Å². The van der Waals surface area contributed by atoms with Crippen LogP contribution in [0, 0.1) is 23.2 Å². The molecule has 0 unspecified atom stereocenters. The number of aliphatic carboxylic acids is 1. The van der Waals surface area contributed by atoms with Crippen molar-refractivity contribution in [1.82, 2.24) is 0 Å². The van der Waals surface area contributed by atoms with Gasteiger partial charge in [0.2, 0.25) is 0 Å². The summed E-state index contributed by atoms with van der Waals surface area (Å²) >= 11 is 0. The lowest BCUT2D eigenvalue weighted by molar-refractivity contribution is -0.151. The lowest BCUT2D eigenvalue weighted by Gasteiger charge is -2.35. The Bertz CT molecular complexity index is 499. The second-order valence-electron chi connectivity index (χ2n) is 5.78. The highest BCUT2D eigenvalue weighted by atomic mass is 16.4. The smallest absolute Gasteiger partial charge is 0.310 e. The molecule has 1 fully saturated rings. The molecule has 2 nitrogen and oxygen atoms in total. The summed E-state index contributed by atoms with van der Waals surface area (Å²) in [6.07, 6.45) is 5.21. The predicted octanol–water partition coefficient (Wildman–Crippen LogP) is 4.10. The molecule has 1 aliphatic rings. The molecule has 20 heavy (non-hydrogen) atoms. The highest BCUT2D eigenvalue weighted by molar-refractivity contribution is 5.75. The first-order valence-corrected chi connectivity index (χ1v) is 7.43. The average Bonchev–Trinajstić information content (AvgIpc) is 2.49. The molecule has 1 aromatic rings. The van der Waals surface area contributed by atoms with E-state index in [0.29, 0.717) is 12.3 Å². The average molecular weight is 270 g/mol. The first-order valence-electron chi connectivity index (χ1n) is 7.43. The lowest BCUT2D eigenvalue weighted by Crippen LogP contribution is -2.35. The topological polar surface area (TPSA) is 37.3 Å². The maximum Gasteiger partial charge on any atom is 0.310 e. The van der Waals surface area contributed by atoms with E-state index < -0.39 is 11.4 Å². The van der Waals surface area contributed by atoms with Crippen LogP contribution in [0.2, 0.25) is 0 Å². The summed E-state index contributed by atoms with van der Waals surface area (Å²) in [4.78, 5) is 11.6. The molecular weight excluding hydrogens is 248 g/mol. The van der Waals surface area contributed by atoms with Gasteiger partial charge < -0.3 is 5.11 Å². The van der Waals surface area contributed by atoms with Crippen LogP contribution in [0.15, 0.2) is 30.3 Å².